The molecule has 0 amide bonds. The number of carbonyl (C=O) groups excluding carboxylic acids is 3. The molecule has 1 aromatic rings. The second-order valence-corrected chi connectivity index (χ2v) is 6.93. The van der Waals surface area contributed by atoms with Crippen LogP contribution < -0.4 is 9.47 Å². The number of Topliss-reactive ketones (excluding diaryl/α,β-unsaturated/α-hetero) is 1. The van der Waals surface area contributed by atoms with Crippen LogP contribution in [0.1, 0.15) is 36.5 Å². The van der Waals surface area contributed by atoms with E-state index < -0.39 is 23.6 Å². The molecule has 0 saturated carbocycles. The molecule has 1 aromatic carbocycles. The molecule has 2 bridgehead atoms. The summed E-state index contributed by atoms with van der Waals surface area (Å²) in [5.41, 5.74) is -0.300. The van der Waals surface area contributed by atoms with Crippen LogP contribution in [0.5, 0.6) is 11.5 Å². The van der Waals surface area contributed by atoms with Gasteiger partial charge in [-0.1, -0.05) is 6.08 Å². The Morgan fingerprint density at radius 3 is 2.27 bits per heavy atom. The van der Waals surface area contributed by atoms with Crippen LogP contribution in [0.15, 0.2) is 35.9 Å². The van der Waals surface area contributed by atoms with Crippen molar-refractivity contribution in [3.63, 3.8) is 0 Å². The summed E-state index contributed by atoms with van der Waals surface area (Å²) < 4.78 is 26.8. The van der Waals surface area contributed by atoms with Crippen LogP contribution in [0.3, 0.4) is 0 Å². The van der Waals surface area contributed by atoms with E-state index in [1.807, 2.05) is 0 Å². The van der Waals surface area contributed by atoms with Gasteiger partial charge in [0.1, 0.15) is 17.5 Å². The average Bonchev–Trinajstić information content (AvgIpc) is 3.25. The molecule has 0 aliphatic carbocycles. The van der Waals surface area contributed by atoms with Gasteiger partial charge in [-0.25, -0.2) is 9.59 Å². The lowest BCUT2D eigenvalue weighted by molar-refractivity contribution is -0.140. The molecule has 2 aliphatic heterocycles. The molecule has 0 spiro atoms. The van der Waals surface area contributed by atoms with Gasteiger partial charge in [-0.05, 0) is 29.7 Å². The van der Waals surface area contributed by atoms with Gasteiger partial charge >= 0.3 is 11.9 Å². The molecule has 0 aromatic heterocycles. The summed E-state index contributed by atoms with van der Waals surface area (Å²) in [6.07, 6.45) is 1.31. The van der Waals surface area contributed by atoms with Gasteiger partial charge < -0.3 is 23.7 Å². The third-order valence-electron chi connectivity index (χ3n) is 5.40. The molecule has 0 saturated heterocycles. The number of carbonyl (C=O) groups is 3. The number of methoxy groups -OCH3 is 4. The fraction of sp³-hybridized carbons (Fsp3) is 0.409. The summed E-state index contributed by atoms with van der Waals surface area (Å²) in [5.74, 6) is -0.779. The van der Waals surface area contributed by atoms with Crippen LogP contribution in [0.2, 0.25) is 0 Å². The molecule has 30 heavy (non-hydrogen) atoms. The third-order valence-corrected chi connectivity index (χ3v) is 5.40. The predicted molar refractivity (Wildman–Crippen MR) is 105 cm³/mol. The summed E-state index contributed by atoms with van der Waals surface area (Å²) in [4.78, 5) is 38.1. The van der Waals surface area contributed by atoms with E-state index in [0.717, 1.165) is 0 Å². The monoisotopic (exact) mass is 416 g/mol. The van der Waals surface area contributed by atoms with Gasteiger partial charge in [-0.3, -0.25) is 4.79 Å². The molecule has 2 atom stereocenters. The molecule has 0 fully saturated rings. The smallest absolute Gasteiger partial charge is 0.337 e. The van der Waals surface area contributed by atoms with Gasteiger partial charge in [0.2, 0.25) is 0 Å². The highest BCUT2D eigenvalue weighted by Crippen LogP contribution is 2.61. The van der Waals surface area contributed by atoms with Crippen LogP contribution >= 0.6 is 0 Å². The molecule has 8 heteroatoms. The van der Waals surface area contributed by atoms with E-state index in [1.165, 1.54) is 28.4 Å². The molecule has 8 nitrogen and oxygen atoms in total. The Morgan fingerprint density at radius 2 is 1.70 bits per heavy atom. The molecule has 3 rings (SSSR count). The van der Waals surface area contributed by atoms with Gasteiger partial charge in [0.05, 0.1) is 39.6 Å². The highest BCUT2D eigenvalue weighted by atomic mass is 16.6. The van der Waals surface area contributed by atoms with Crippen molar-refractivity contribution in [1.29, 1.82) is 0 Å². The Bertz CT molecular complexity index is 945. The zero-order valence-electron chi connectivity index (χ0n) is 17.4. The lowest BCUT2D eigenvalue weighted by Crippen LogP contribution is -2.35. The topological polar surface area (TPSA) is 97.4 Å². The molecule has 0 N–H and O–H groups in total. The summed E-state index contributed by atoms with van der Waals surface area (Å²) in [6, 6.07) is 3.36. The quantitative estimate of drug-likeness (QED) is 0.448. The van der Waals surface area contributed by atoms with Gasteiger partial charge in [-0.15, -0.1) is 6.58 Å². The first-order valence-electron chi connectivity index (χ1n) is 9.36. The van der Waals surface area contributed by atoms with Crippen molar-refractivity contribution in [2.75, 3.05) is 28.4 Å². The molecular weight excluding hydrogens is 392 g/mol. The summed E-state index contributed by atoms with van der Waals surface area (Å²) in [6.45, 7) is 3.63. The van der Waals surface area contributed by atoms with Crippen LogP contribution in [0.25, 0.3) is 0 Å². The van der Waals surface area contributed by atoms with Crippen LogP contribution in [-0.2, 0) is 34.2 Å². The number of benzene rings is 1. The first-order valence-corrected chi connectivity index (χ1v) is 9.36. The second-order valence-electron chi connectivity index (χ2n) is 6.93. The Hall–Kier alpha value is -3.13. The maximum absolute atomic E-state index is 12.8. The Labute approximate surface area is 174 Å². The summed E-state index contributed by atoms with van der Waals surface area (Å²) in [7, 11) is 5.40. The number of fused-ring (bicyclic) bond motifs is 5. The fourth-order valence-corrected chi connectivity index (χ4v) is 4.10. The van der Waals surface area contributed by atoms with Crippen molar-refractivity contribution in [3.8, 4) is 11.5 Å². The second kappa shape index (κ2) is 8.31. The minimum absolute atomic E-state index is 0.0199. The molecule has 2 aliphatic rings. The van der Waals surface area contributed by atoms with Gasteiger partial charge in [0.25, 0.3) is 0 Å². The highest BCUT2D eigenvalue weighted by molar-refractivity contribution is 6.06. The van der Waals surface area contributed by atoms with E-state index in [9.17, 15) is 14.4 Å². The number of esters is 2. The number of ether oxygens (including phenoxy) is 5. The maximum Gasteiger partial charge on any atom is 0.337 e. The molecule has 160 valence electrons. The van der Waals surface area contributed by atoms with E-state index in [-0.39, 0.29) is 29.8 Å². The van der Waals surface area contributed by atoms with Crippen LogP contribution in [0.4, 0.5) is 0 Å². The molecule has 0 unspecified atom stereocenters. The van der Waals surface area contributed by atoms with Crippen molar-refractivity contribution < 1.29 is 38.1 Å². The number of ketones is 1. The van der Waals surface area contributed by atoms with E-state index in [2.05, 4.69) is 6.58 Å². The van der Waals surface area contributed by atoms with E-state index >= 15 is 0 Å². The number of rotatable bonds is 9. The summed E-state index contributed by atoms with van der Waals surface area (Å²) >= 11 is 0. The number of hydrogen-bond donors (Lipinski definition) is 0. The Balaban J connectivity index is 2.26. The minimum Gasteiger partial charge on any atom is -0.493 e. The van der Waals surface area contributed by atoms with E-state index in [1.54, 1.807) is 18.2 Å². The standard InChI is InChI=1S/C22H24O8/c1-6-7-8-12(23)11-22-14-10-16(27-3)15(26-2)9-13(14)19(30-22)17(20(24)28-4)18(22)21(25)29-5/h6,9-10,19H,1,7-8,11H2,2-5H3/t19-,22+/m0/s1. The highest BCUT2D eigenvalue weighted by Gasteiger charge is 2.61. The Kier molecular flexibility index (Phi) is 5.98. The number of hydrogen-bond acceptors (Lipinski definition) is 8. The van der Waals surface area contributed by atoms with Crippen molar-refractivity contribution in [3.05, 3.63) is 47.1 Å². The zero-order chi connectivity index (χ0) is 22.1. The van der Waals surface area contributed by atoms with E-state index in [0.29, 0.717) is 29.0 Å². The average molecular weight is 416 g/mol. The fourth-order valence-electron chi connectivity index (χ4n) is 4.10. The third kappa shape index (κ3) is 3.17. The lowest BCUT2D eigenvalue weighted by Gasteiger charge is -2.29. The van der Waals surface area contributed by atoms with Gasteiger partial charge in [0, 0.05) is 12.8 Å². The molecular formula is C22H24O8. The first kappa shape index (κ1) is 21.6. The van der Waals surface area contributed by atoms with Crippen molar-refractivity contribution >= 4 is 17.7 Å². The van der Waals surface area contributed by atoms with Crippen molar-refractivity contribution in [2.45, 2.75) is 31.0 Å². The molecule has 2 heterocycles. The number of allylic oxidation sites excluding steroid dienone is 1. The van der Waals surface area contributed by atoms with Crippen LogP contribution in [0, 0.1) is 0 Å². The van der Waals surface area contributed by atoms with Gasteiger partial charge in [0.15, 0.2) is 11.5 Å². The minimum atomic E-state index is -1.48. The largest absolute Gasteiger partial charge is 0.493 e. The van der Waals surface area contributed by atoms with Gasteiger partial charge in [-0.2, -0.15) is 0 Å². The SMILES string of the molecule is C=CCCC(=O)C[C@]12O[C@H](C(C(=O)OC)=C1C(=O)OC)c1cc(OC)c(OC)cc12. The normalized spacial score (nSPS) is 21.1. The van der Waals surface area contributed by atoms with Crippen LogP contribution in [-0.4, -0.2) is 46.2 Å². The maximum atomic E-state index is 12.8. The van der Waals surface area contributed by atoms with Crippen molar-refractivity contribution in [2.24, 2.45) is 0 Å². The lowest BCUT2D eigenvalue weighted by atomic mass is 9.74. The summed E-state index contributed by atoms with van der Waals surface area (Å²) in [5, 5.41) is 0. The van der Waals surface area contributed by atoms with Crippen molar-refractivity contribution in [1.82, 2.24) is 0 Å². The zero-order valence-corrected chi connectivity index (χ0v) is 17.4. The first-order chi connectivity index (χ1) is 14.4. The van der Waals surface area contributed by atoms with E-state index in [4.69, 9.17) is 23.7 Å². The predicted octanol–water partition coefficient (Wildman–Crippen LogP) is 2.55. The molecule has 0 radical (unpaired) electrons. The Morgan fingerprint density at radius 1 is 1.07 bits per heavy atom.